The lowest BCUT2D eigenvalue weighted by Crippen LogP contribution is -2.29. The number of thiocarbonyl (C=S) groups is 1. The first-order valence-corrected chi connectivity index (χ1v) is 10.4. The molecule has 0 unspecified atom stereocenters. The Bertz CT molecular complexity index is 795. The van der Waals surface area contributed by atoms with Crippen LogP contribution in [0.3, 0.4) is 0 Å². The molecule has 0 aliphatic carbocycles. The summed E-state index contributed by atoms with van der Waals surface area (Å²) in [5.74, 6) is 0.0453. The molecule has 0 spiro atoms. The molecule has 0 aromatic heterocycles. The lowest BCUT2D eigenvalue weighted by atomic mass is 9.84. The SMILES string of the molecule is CCCCCN1C(=O)/C(=C/C=C2\N(C)c3ccccc3C2(C)C)SC1=S. The topological polar surface area (TPSA) is 23.6 Å². The Morgan fingerprint density at radius 1 is 1.19 bits per heavy atom. The van der Waals surface area contributed by atoms with E-state index >= 15 is 0 Å². The highest BCUT2D eigenvalue weighted by Crippen LogP contribution is 2.46. The summed E-state index contributed by atoms with van der Waals surface area (Å²) in [4.78, 5) is 17.4. The Balaban J connectivity index is 1.83. The number of benzene rings is 1. The van der Waals surface area contributed by atoms with Crippen LogP contribution in [-0.4, -0.2) is 28.7 Å². The van der Waals surface area contributed by atoms with Gasteiger partial charge < -0.3 is 4.90 Å². The van der Waals surface area contributed by atoms with Gasteiger partial charge >= 0.3 is 0 Å². The number of anilines is 1. The molecule has 3 nitrogen and oxygen atoms in total. The zero-order valence-electron chi connectivity index (χ0n) is 15.9. The first kappa shape index (κ1) is 19.2. The van der Waals surface area contributed by atoms with Gasteiger partial charge in [-0.2, -0.15) is 0 Å². The lowest BCUT2D eigenvalue weighted by molar-refractivity contribution is -0.122. The third kappa shape index (κ3) is 3.35. The predicted molar refractivity (Wildman–Crippen MR) is 115 cm³/mol. The van der Waals surface area contributed by atoms with Crippen LogP contribution < -0.4 is 4.90 Å². The van der Waals surface area contributed by atoms with Crippen LogP contribution in [0, 0.1) is 0 Å². The quantitative estimate of drug-likeness (QED) is 0.393. The van der Waals surface area contributed by atoms with Gasteiger partial charge in [0.1, 0.15) is 4.32 Å². The molecule has 0 radical (unpaired) electrons. The van der Waals surface area contributed by atoms with E-state index in [9.17, 15) is 4.79 Å². The van der Waals surface area contributed by atoms with Gasteiger partial charge in [0.25, 0.3) is 5.91 Å². The number of fused-ring (bicyclic) bond motifs is 1. The smallest absolute Gasteiger partial charge is 0.266 e. The minimum atomic E-state index is -0.0873. The van der Waals surface area contributed by atoms with Crippen LogP contribution in [0.5, 0.6) is 0 Å². The largest absolute Gasteiger partial charge is 0.347 e. The zero-order chi connectivity index (χ0) is 18.9. The molecule has 1 saturated heterocycles. The van der Waals surface area contributed by atoms with Crippen LogP contribution >= 0.6 is 24.0 Å². The van der Waals surface area contributed by atoms with Crippen LogP contribution in [0.25, 0.3) is 0 Å². The molecule has 5 heteroatoms. The van der Waals surface area contributed by atoms with E-state index in [1.54, 1.807) is 4.90 Å². The summed E-state index contributed by atoms with van der Waals surface area (Å²) in [6.45, 7) is 7.34. The minimum Gasteiger partial charge on any atom is -0.347 e. The fourth-order valence-electron chi connectivity index (χ4n) is 3.68. The maximum absolute atomic E-state index is 12.7. The van der Waals surface area contributed by atoms with Gasteiger partial charge in [-0.15, -0.1) is 0 Å². The fourth-order valence-corrected chi connectivity index (χ4v) is 4.93. The van der Waals surface area contributed by atoms with Gasteiger partial charge in [0.2, 0.25) is 0 Å². The number of hydrogen-bond donors (Lipinski definition) is 0. The van der Waals surface area contributed by atoms with Gasteiger partial charge in [0.15, 0.2) is 0 Å². The number of carbonyl (C=O) groups excluding carboxylic acids is 1. The van der Waals surface area contributed by atoms with Crippen molar-refractivity contribution in [2.45, 2.75) is 45.4 Å². The van der Waals surface area contributed by atoms with Gasteiger partial charge in [-0.25, -0.2) is 0 Å². The van der Waals surface area contributed by atoms with Crippen molar-refractivity contribution in [1.29, 1.82) is 0 Å². The van der Waals surface area contributed by atoms with Gasteiger partial charge in [-0.1, -0.05) is 75.8 Å². The Morgan fingerprint density at radius 2 is 1.92 bits per heavy atom. The minimum absolute atomic E-state index is 0.0453. The summed E-state index contributed by atoms with van der Waals surface area (Å²) >= 11 is 6.83. The molecule has 1 fully saturated rings. The summed E-state index contributed by atoms with van der Waals surface area (Å²) in [7, 11) is 2.09. The van der Waals surface area contributed by atoms with E-state index < -0.39 is 0 Å². The molecule has 2 heterocycles. The maximum Gasteiger partial charge on any atom is 0.266 e. The molecule has 1 aromatic carbocycles. The van der Waals surface area contributed by atoms with Crippen LogP contribution in [-0.2, 0) is 10.2 Å². The van der Waals surface area contributed by atoms with Crippen LogP contribution in [0.15, 0.2) is 47.0 Å². The average molecular weight is 387 g/mol. The second-order valence-corrected chi connectivity index (χ2v) is 8.99. The maximum atomic E-state index is 12.7. The first-order valence-electron chi connectivity index (χ1n) is 9.17. The number of para-hydroxylation sites is 1. The third-order valence-electron chi connectivity index (χ3n) is 5.19. The molecule has 0 saturated carbocycles. The number of likely N-dealkylation sites (N-methyl/N-ethyl adjacent to an activating group) is 1. The van der Waals surface area contributed by atoms with Gasteiger partial charge in [0.05, 0.1) is 4.91 Å². The number of hydrogen-bond acceptors (Lipinski definition) is 4. The van der Waals surface area contributed by atoms with Crippen molar-refractivity contribution in [2.24, 2.45) is 0 Å². The Hall–Kier alpha value is -1.59. The van der Waals surface area contributed by atoms with E-state index in [4.69, 9.17) is 12.2 Å². The summed E-state index contributed by atoms with van der Waals surface area (Å²) in [5.41, 5.74) is 3.64. The Labute approximate surface area is 166 Å². The number of carbonyl (C=O) groups is 1. The Kier molecular flexibility index (Phi) is 5.58. The highest BCUT2D eigenvalue weighted by atomic mass is 32.2. The summed E-state index contributed by atoms with van der Waals surface area (Å²) < 4.78 is 0.679. The number of allylic oxidation sites excluding steroid dienone is 3. The molecule has 138 valence electrons. The van der Waals surface area contributed by atoms with Crippen LogP contribution in [0.2, 0.25) is 0 Å². The predicted octanol–water partition coefficient (Wildman–Crippen LogP) is 5.23. The Morgan fingerprint density at radius 3 is 2.62 bits per heavy atom. The van der Waals surface area contributed by atoms with E-state index in [1.165, 1.54) is 28.7 Å². The summed E-state index contributed by atoms with van der Waals surface area (Å²) in [5, 5.41) is 0. The van der Waals surface area contributed by atoms with E-state index in [0.29, 0.717) is 4.32 Å². The molecule has 26 heavy (non-hydrogen) atoms. The molecule has 1 amide bonds. The van der Waals surface area contributed by atoms with Crippen molar-refractivity contribution in [3.63, 3.8) is 0 Å². The number of nitrogens with zero attached hydrogens (tertiary/aromatic N) is 2. The normalized spacial score (nSPS) is 22.0. The highest BCUT2D eigenvalue weighted by Gasteiger charge is 2.38. The van der Waals surface area contributed by atoms with Crippen molar-refractivity contribution in [3.05, 3.63) is 52.6 Å². The molecule has 0 N–H and O–H groups in total. The van der Waals surface area contributed by atoms with Gasteiger partial charge in [0, 0.05) is 30.4 Å². The lowest BCUT2D eigenvalue weighted by Gasteiger charge is -2.23. The fraction of sp³-hybridized carbons (Fsp3) is 0.429. The van der Waals surface area contributed by atoms with Crippen molar-refractivity contribution in [3.8, 4) is 0 Å². The molecular weight excluding hydrogens is 360 g/mol. The van der Waals surface area contributed by atoms with E-state index in [0.717, 1.165) is 30.7 Å². The monoisotopic (exact) mass is 386 g/mol. The standard InChI is InChI=1S/C21H26N2OS2/c1-5-6-9-14-23-19(24)17(26-20(23)25)12-13-18-21(2,3)15-10-7-8-11-16(15)22(18)4/h7-8,10-13H,5-6,9,14H2,1-4H3/b17-12-,18-13-. The van der Waals surface area contributed by atoms with Gasteiger partial charge in [-0.05, 0) is 30.2 Å². The van der Waals surface area contributed by atoms with Gasteiger partial charge in [-0.3, -0.25) is 9.69 Å². The summed E-state index contributed by atoms with van der Waals surface area (Å²) in [6, 6.07) is 8.47. The third-order valence-corrected chi connectivity index (χ3v) is 6.59. The van der Waals surface area contributed by atoms with Crippen LogP contribution in [0.1, 0.15) is 45.6 Å². The molecule has 2 aliphatic rings. The molecule has 2 aliphatic heterocycles. The highest BCUT2D eigenvalue weighted by molar-refractivity contribution is 8.26. The molecule has 0 bridgehead atoms. The second kappa shape index (κ2) is 7.57. The van der Waals surface area contributed by atoms with Crippen LogP contribution in [0.4, 0.5) is 5.69 Å². The molecule has 0 atom stereocenters. The number of amides is 1. The number of thioether (sulfide) groups is 1. The zero-order valence-corrected chi connectivity index (χ0v) is 17.5. The molecule has 3 rings (SSSR count). The van der Waals surface area contributed by atoms with E-state index in [2.05, 4.69) is 63.1 Å². The van der Waals surface area contributed by atoms with Crippen molar-refractivity contribution in [2.75, 3.05) is 18.5 Å². The van der Waals surface area contributed by atoms with Crippen molar-refractivity contribution >= 4 is 39.9 Å². The van der Waals surface area contributed by atoms with E-state index in [-0.39, 0.29) is 11.3 Å². The second-order valence-electron chi connectivity index (χ2n) is 7.32. The van der Waals surface area contributed by atoms with Crippen molar-refractivity contribution in [1.82, 2.24) is 4.90 Å². The number of unbranched alkanes of at least 4 members (excludes halogenated alkanes) is 2. The van der Waals surface area contributed by atoms with E-state index in [1.807, 2.05) is 6.08 Å². The summed E-state index contributed by atoms with van der Waals surface area (Å²) in [6.07, 6.45) is 7.29. The number of rotatable bonds is 5. The first-order chi connectivity index (χ1) is 12.4. The molecular formula is C21H26N2OS2. The molecule has 1 aromatic rings. The van der Waals surface area contributed by atoms with Crippen molar-refractivity contribution < 1.29 is 4.79 Å². The average Bonchev–Trinajstić information content (AvgIpc) is 2.99.